The third-order valence-electron chi connectivity index (χ3n) is 5.52. The predicted octanol–water partition coefficient (Wildman–Crippen LogP) is 3.77. The molecular weight excluding hydrogens is 396 g/mol. The molecule has 0 saturated carbocycles. The van der Waals surface area contributed by atoms with Gasteiger partial charge in [-0.3, -0.25) is 4.90 Å². The van der Waals surface area contributed by atoms with Gasteiger partial charge in [-0.2, -0.15) is 0 Å². The van der Waals surface area contributed by atoms with Gasteiger partial charge in [0.25, 0.3) is 0 Å². The Morgan fingerprint density at radius 3 is 2.45 bits per heavy atom. The summed E-state index contributed by atoms with van der Waals surface area (Å²) in [6, 6.07) is 3.85. The van der Waals surface area contributed by atoms with Crippen LogP contribution < -0.4 is 14.8 Å². The number of carbonyl (C=O) groups excluding carboxylic acids is 1. The van der Waals surface area contributed by atoms with Crippen molar-refractivity contribution in [2.24, 2.45) is 5.92 Å². The van der Waals surface area contributed by atoms with E-state index in [1.165, 1.54) is 0 Å². The SMILES string of the molecule is COc1cc2ncnc(CN3CCC(CCNC(=O)OC(C)(C)C)CC3)c2cc1OC. The summed E-state index contributed by atoms with van der Waals surface area (Å²) in [5, 5.41) is 3.85. The second-order valence-corrected chi connectivity index (χ2v) is 8.98. The van der Waals surface area contributed by atoms with Crippen molar-refractivity contribution in [2.45, 2.75) is 52.2 Å². The summed E-state index contributed by atoms with van der Waals surface area (Å²) in [5.41, 5.74) is 1.39. The van der Waals surface area contributed by atoms with Crippen LogP contribution in [-0.4, -0.2) is 60.4 Å². The molecule has 0 atom stereocenters. The van der Waals surface area contributed by atoms with Gasteiger partial charge < -0.3 is 19.5 Å². The number of methoxy groups -OCH3 is 2. The Balaban J connectivity index is 1.52. The minimum Gasteiger partial charge on any atom is -0.493 e. The van der Waals surface area contributed by atoms with Gasteiger partial charge in [0, 0.05) is 24.5 Å². The number of amides is 1. The van der Waals surface area contributed by atoms with Crippen molar-refractivity contribution in [1.82, 2.24) is 20.2 Å². The van der Waals surface area contributed by atoms with E-state index in [1.54, 1.807) is 20.5 Å². The summed E-state index contributed by atoms with van der Waals surface area (Å²) >= 11 is 0. The van der Waals surface area contributed by atoms with Crippen molar-refractivity contribution >= 4 is 17.0 Å². The molecule has 1 N–H and O–H groups in total. The summed E-state index contributed by atoms with van der Waals surface area (Å²) in [6.45, 7) is 9.06. The molecule has 0 spiro atoms. The quantitative estimate of drug-likeness (QED) is 0.715. The van der Waals surface area contributed by atoms with Crippen LogP contribution >= 0.6 is 0 Å². The molecule has 1 fully saturated rings. The number of ether oxygens (including phenoxy) is 3. The van der Waals surface area contributed by atoms with Crippen LogP contribution in [0, 0.1) is 5.92 Å². The lowest BCUT2D eigenvalue weighted by molar-refractivity contribution is 0.0522. The summed E-state index contributed by atoms with van der Waals surface area (Å²) in [4.78, 5) is 23.1. The predicted molar refractivity (Wildman–Crippen MR) is 119 cm³/mol. The molecule has 1 aliphatic heterocycles. The van der Waals surface area contributed by atoms with E-state index >= 15 is 0 Å². The lowest BCUT2D eigenvalue weighted by atomic mass is 9.93. The van der Waals surface area contributed by atoms with Crippen molar-refractivity contribution in [3.05, 3.63) is 24.2 Å². The minimum atomic E-state index is -0.463. The Morgan fingerprint density at radius 2 is 1.81 bits per heavy atom. The van der Waals surface area contributed by atoms with Crippen LogP contribution in [0.1, 0.15) is 45.7 Å². The van der Waals surface area contributed by atoms with E-state index in [-0.39, 0.29) is 6.09 Å². The fourth-order valence-corrected chi connectivity index (χ4v) is 3.90. The fraction of sp³-hybridized carbons (Fsp3) is 0.609. The molecule has 1 aromatic heterocycles. The van der Waals surface area contributed by atoms with E-state index in [9.17, 15) is 4.79 Å². The standard InChI is InChI=1S/C23H34N4O4/c1-23(2,3)31-22(28)24-9-6-16-7-10-27(11-8-16)14-19-17-12-20(29-4)21(30-5)13-18(17)25-15-26-19/h12-13,15-16H,6-11,14H2,1-5H3,(H,24,28). The number of aromatic nitrogens is 2. The van der Waals surface area contributed by atoms with Crippen molar-refractivity contribution in [3.63, 3.8) is 0 Å². The molecule has 2 aromatic rings. The first kappa shape index (κ1) is 23.1. The number of nitrogens with one attached hydrogen (secondary N) is 1. The number of fused-ring (bicyclic) bond motifs is 1. The number of hydrogen-bond donors (Lipinski definition) is 1. The lowest BCUT2D eigenvalue weighted by Gasteiger charge is -2.32. The highest BCUT2D eigenvalue weighted by Crippen LogP contribution is 2.32. The van der Waals surface area contributed by atoms with Gasteiger partial charge in [0.15, 0.2) is 11.5 Å². The average molecular weight is 431 g/mol. The van der Waals surface area contributed by atoms with Gasteiger partial charge in [-0.15, -0.1) is 0 Å². The topological polar surface area (TPSA) is 85.8 Å². The number of benzene rings is 1. The molecule has 0 bridgehead atoms. The number of alkyl carbamates (subject to hydrolysis) is 1. The van der Waals surface area contributed by atoms with Gasteiger partial charge in [0.1, 0.15) is 11.9 Å². The van der Waals surface area contributed by atoms with Gasteiger partial charge in [-0.05, 0) is 65.1 Å². The number of piperidine rings is 1. The first-order valence-electron chi connectivity index (χ1n) is 10.8. The Morgan fingerprint density at radius 1 is 1.13 bits per heavy atom. The summed E-state index contributed by atoms with van der Waals surface area (Å²) in [5.74, 6) is 1.96. The zero-order valence-electron chi connectivity index (χ0n) is 19.2. The maximum absolute atomic E-state index is 11.8. The van der Waals surface area contributed by atoms with Crippen LogP contribution in [0.3, 0.4) is 0 Å². The second kappa shape index (κ2) is 10.1. The van der Waals surface area contributed by atoms with E-state index in [1.807, 2.05) is 32.9 Å². The summed E-state index contributed by atoms with van der Waals surface area (Å²) in [7, 11) is 3.26. The number of rotatable bonds is 7. The number of likely N-dealkylation sites (tertiary alicyclic amines) is 1. The minimum absolute atomic E-state index is 0.340. The highest BCUT2D eigenvalue weighted by Gasteiger charge is 2.21. The molecule has 0 aliphatic carbocycles. The first-order valence-corrected chi connectivity index (χ1v) is 10.8. The number of nitrogens with zero attached hydrogens (tertiary/aromatic N) is 3. The number of carbonyl (C=O) groups is 1. The molecule has 1 aliphatic rings. The van der Waals surface area contributed by atoms with Crippen LogP contribution in [0.15, 0.2) is 18.5 Å². The van der Waals surface area contributed by atoms with E-state index in [4.69, 9.17) is 14.2 Å². The summed E-state index contributed by atoms with van der Waals surface area (Å²) in [6.07, 6.45) is 4.46. The van der Waals surface area contributed by atoms with Crippen molar-refractivity contribution < 1.29 is 19.0 Å². The van der Waals surface area contributed by atoms with Crippen molar-refractivity contribution in [3.8, 4) is 11.5 Å². The average Bonchev–Trinajstić information content (AvgIpc) is 2.73. The zero-order chi connectivity index (χ0) is 22.4. The van der Waals surface area contributed by atoms with Gasteiger partial charge in [-0.1, -0.05) is 0 Å². The molecular formula is C23H34N4O4. The van der Waals surface area contributed by atoms with E-state index in [2.05, 4.69) is 20.2 Å². The first-order chi connectivity index (χ1) is 14.8. The summed E-state index contributed by atoms with van der Waals surface area (Å²) < 4.78 is 16.1. The Labute approximate surface area is 184 Å². The second-order valence-electron chi connectivity index (χ2n) is 8.98. The zero-order valence-corrected chi connectivity index (χ0v) is 19.2. The van der Waals surface area contributed by atoms with Crippen LogP contribution in [0.4, 0.5) is 4.79 Å². The molecule has 170 valence electrons. The van der Waals surface area contributed by atoms with Crippen LogP contribution in [0.5, 0.6) is 11.5 Å². The van der Waals surface area contributed by atoms with Gasteiger partial charge in [-0.25, -0.2) is 14.8 Å². The van der Waals surface area contributed by atoms with Gasteiger partial charge in [0.2, 0.25) is 0 Å². The monoisotopic (exact) mass is 430 g/mol. The van der Waals surface area contributed by atoms with E-state index in [0.717, 1.165) is 55.5 Å². The van der Waals surface area contributed by atoms with Crippen LogP contribution in [0.25, 0.3) is 10.9 Å². The molecule has 0 unspecified atom stereocenters. The molecule has 8 nitrogen and oxygen atoms in total. The Hall–Kier alpha value is -2.61. The molecule has 0 radical (unpaired) electrons. The molecule has 31 heavy (non-hydrogen) atoms. The van der Waals surface area contributed by atoms with Gasteiger partial charge in [0.05, 0.1) is 25.4 Å². The van der Waals surface area contributed by atoms with Crippen molar-refractivity contribution in [1.29, 1.82) is 0 Å². The van der Waals surface area contributed by atoms with Crippen LogP contribution in [-0.2, 0) is 11.3 Å². The highest BCUT2D eigenvalue weighted by molar-refractivity contribution is 5.84. The molecule has 8 heteroatoms. The van der Waals surface area contributed by atoms with Crippen molar-refractivity contribution in [2.75, 3.05) is 33.9 Å². The molecule has 1 amide bonds. The molecule has 1 aromatic carbocycles. The van der Waals surface area contributed by atoms with E-state index in [0.29, 0.717) is 24.0 Å². The van der Waals surface area contributed by atoms with E-state index < -0.39 is 5.60 Å². The number of hydrogen-bond acceptors (Lipinski definition) is 7. The molecule has 3 rings (SSSR count). The normalized spacial score (nSPS) is 15.6. The highest BCUT2D eigenvalue weighted by atomic mass is 16.6. The third-order valence-corrected chi connectivity index (χ3v) is 5.52. The molecule has 1 saturated heterocycles. The smallest absolute Gasteiger partial charge is 0.407 e. The maximum Gasteiger partial charge on any atom is 0.407 e. The Kier molecular flexibility index (Phi) is 7.54. The maximum atomic E-state index is 11.8. The molecule has 2 heterocycles. The van der Waals surface area contributed by atoms with Gasteiger partial charge >= 0.3 is 6.09 Å². The fourth-order valence-electron chi connectivity index (χ4n) is 3.90. The third kappa shape index (κ3) is 6.43. The largest absolute Gasteiger partial charge is 0.493 e. The Bertz CT molecular complexity index is 889. The lowest BCUT2D eigenvalue weighted by Crippen LogP contribution is -2.36. The van der Waals surface area contributed by atoms with Crippen LogP contribution in [0.2, 0.25) is 0 Å².